The van der Waals surface area contributed by atoms with Gasteiger partial charge in [0.25, 0.3) is 0 Å². The molecule has 4 heteroatoms. The van der Waals surface area contributed by atoms with Gasteiger partial charge in [-0.05, 0) is 50.5 Å². The highest BCUT2D eigenvalue weighted by Crippen LogP contribution is 2.62. The van der Waals surface area contributed by atoms with Crippen molar-refractivity contribution in [2.24, 2.45) is 17.3 Å². The number of halogens is 1. The van der Waals surface area contributed by atoms with Gasteiger partial charge in [-0.25, -0.2) is 0 Å². The van der Waals surface area contributed by atoms with Crippen LogP contribution in [0.15, 0.2) is 23.8 Å². The Hall–Kier alpha value is -1.09. The molecular formula is C19H27ClO3. The Morgan fingerprint density at radius 3 is 2.61 bits per heavy atom. The molecule has 2 aliphatic rings. The SMILES string of the molecule is C=CCC1=C(C)[C@H](OC(=O)[C@@H]2[C@@H](CC(C)(C)Cl)C2(C)C)CC1=O. The van der Waals surface area contributed by atoms with E-state index >= 15 is 0 Å². The zero-order valence-corrected chi connectivity index (χ0v) is 15.5. The molecule has 2 rings (SSSR count). The van der Waals surface area contributed by atoms with Gasteiger partial charge in [-0.1, -0.05) is 19.9 Å². The fraction of sp³-hybridized carbons (Fsp3) is 0.684. The maximum atomic E-state index is 12.6. The number of rotatable bonds is 6. The summed E-state index contributed by atoms with van der Waals surface area (Å²) in [7, 11) is 0. The van der Waals surface area contributed by atoms with Crippen molar-refractivity contribution in [2.75, 3.05) is 0 Å². The van der Waals surface area contributed by atoms with Crippen molar-refractivity contribution in [3.8, 4) is 0 Å². The van der Waals surface area contributed by atoms with Gasteiger partial charge in [0, 0.05) is 10.4 Å². The lowest BCUT2D eigenvalue weighted by Crippen LogP contribution is -2.21. The van der Waals surface area contributed by atoms with Crippen LogP contribution in [-0.4, -0.2) is 22.7 Å². The summed E-state index contributed by atoms with van der Waals surface area (Å²) in [5.74, 6) is -0.0324. The molecule has 2 aliphatic carbocycles. The topological polar surface area (TPSA) is 43.4 Å². The number of hydrogen-bond donors (Lipinski definition) is 0. The number of carbonyl (C=O) groups is 2. The molecule has 3 atom stereocenters. The third-order valence-corrected chi connectivity index (χ3v) is 5.44. The van der Waals surface area contributed by atoms with Crippen LogP contribution in [0, 0.1) is 17.3 Å². The first-order valence-electron chi connectivity index (χ1n) is 8.22. The van der Waals surface area contributed by atoms with Gasteiger partial charge in [0.05, 0.1) is 12.3 Å². The Morgan fingerprint density at radius 1 is 1.48 bits per heavy atom. The van der Waals surface area contributed by atoms with E-state index in [1.165, 1.54) is 0 Å². The molecule has 1 saturated carbocycles. The van der Waals surface area contributed by atoms with E-state index in [4.69, 9.17) is 16.3 Å². The van der Waals surface area contributed by atoms with Crippen molar-refractivity contribution in [1.82, 2.24) is 0 Å². The lowest BCUT2D eigenvalue weighted by atomic mass is 10.0. The quantitative estimate of drug-likeness (QED) is 0.408. The highest BCUT2D eigenvalue weighted by Gasteiger charge is 2.63. The van der Waals surface area contributed by atoms with Gasteiger partial charge < -0.3 is 4.74 Å². The van der Waals surface area contributed by atoms with Gasteiger partial charge in [0.2, 0.25) is 0 Å². The molecule has 0 spiro atoms. The molecule has 128 valence electrons. The summed E-state index contributed by atoms with van der Waals surface area (Å²) in [5, 5.41) is 0. The lowest BCUT2D eigenvalue weighted by Gasteiger charge is -2.16. The number of hydrogen-bond acceptors (Lipinski definition) is 3. The van der Waals surface area contributed by atoms with Crippen LogP contribution in [-0.2, 0) is 14.3 Å². The summed E-state index contributed by atoms with van der Waals surface area (Å²) in [5.41, 5.74) is 1.52. The highest BCUT2D eigenvalue weighted by atomic mass is 35.5. The van der Waals surface area contributed by atoms with Crippen LogP contribution in [0.5, 0.6) is 0 Å². The maximum absolute atomic E-state index is 12.6. The van der Waals surface area contributed by atoms with Crippen LogP contribution in [0.25, 0.3) is 0 Å². The third-order valence-electron chi connectivity index (χ3n) is 5.28. The zero-order valence-electron chi connectivity index (χ0n) is 14.7. The summed E-state index contributed by atoms with van der Waals surface area (Å²) >= 11 is 6.32. The van der Waals surface area contributed by atoms with Crippen LogP contribution >= 0.6 is 11.6 Å². The molecule has 0 bridgehead atoms. The monoisotopic (exact) mass is 338 g/mol. The average molecular weight is 339 g/mol. The van der Waals surface area contributed by atoms with Crippen LogP contribution < -0.4 is 0 Å². The second-order valence-corrected chi connectivity index (χ2v) is 9.06. The van der Waals surface area contributed by atoms with Crippen LogP contribution in [0.1, 0.15) is 53.9 Å². The second-order valence-electron chi connectivity index (χ2n) is 8.04. The molecule has 0 radical (unpaired) electrons. The van der Waals surface area contributed by atoms with E-state index in [1.807, 2.05) is 20.8 Å². The molecule has 0 unspecified atom stereocenters. The molecule has 0 saturated heterocycles. The van der Waals surface area contributed by atoms with Crippen molar-refractivity contribution in [3.05, 3.63) is 23.8 Å². The van der Waals surface area contributed by atoms with E-state index in [9.17, 15) is 9.59 Å². The van der Waals surface area contributed by atoms with Gasteiger partial charge >= 0.3 is 5.97 Å². The Bertz CT molecular complexity index is 566. The summed E-state index contributed by atoms with van der Waals surface area (Å²) in [6, 6.07) is 0. The Kier molecular flexibility index (Phi) is 4.83. The van der Waals surface area contributed by atoms with E-state index in [0.29, 0.717) is 6.42 Å². The van der Waals surface area contributed by atoms with Crippen molar-refractivity contribution in [2.45, 2.75) is 64.9 Å². The molecule has 23 heavy (non-hydrogen) atoms. The van der Waals surface area contributed by atoms with Crippen LogP contribution in [0.2, 0.25) is 0 Å². The number of esters is 1. The number of allylic oxidation sites excluding steroid dienone is 2. The molecule has 0 N–H and O–H groups in total. The fourth-order valence-corrected chi connectivity index (χ4v) is 3.90. The minimum absolute atomic E-state index is 0.0636. The number of alkyl halides is 1. The molecule has 3 nitrogen and oxygen atoms in total. The molecule has 0 amide bonds. The first-order chi connectivity index (χ1) is 10.5. The normalized spacial score (nSPS) is 29.7. The minimum atomic E-state index is -0.411. The largest absolute Gasteiger partial charge is 0.457 e. The highest BCUT2D eigenvalue weighted by molar-refractivity contribution is 6.23. The van der Waals surface area contributed by atoms with Crippen LogP contribution in [0.3, 0.4) is 0 Å². The molecular weight excluding hydrogens is 312 g/mol. The minimum Gasteiger partial charge on any atom is -0.457 e. The third kappa shape index (κ3) is 3.71. The van der Waals surface area contributed by atoms with E-state index < -0.39 is 6.10 Å². The van der Waals surface area contributed by atoms with Gasteiger partial charge in [-0.3, -0.25) is 9.59 Å². The molecule has 1 fully saturated rings. The summed E-state index contributed by atoms with van der Waals surface area (Å²) < 4.78 is 5.68. The van der Waals surface area contributed by atoms with E-state index in [-0.39, 0.29) is 40.3 Å². The van der Waals surface area contributed by atoms with Crippen LogP contribution in [0.4, 0.5) is 0 Å². The van der Waals surface area contributed by atoms with Gasteiger partial charge in [0.1, 0.15) is 6.10 Å². The van der Waals surface area contributed by atoms with E-state index in [2.05, 4.69) is 20.4 Å². The molecule has 0 aromatic rings. The molecule has 0 aliphatic heterocycles. The van der Waals surface area contributed by atoms with Crippen molar-refractivity contribution < 1.29 is 14.3 Å². The van der Waals surface area contributed by atoms with Gasteiger partial charge in [0.15, 0.2) is 5.78 Å². The second kappa shape index (κ2) is 6.08. The number of carbonyl (C=O) groups excluding carboxylic acids is 2. The maximum Gasteiger partial charge on any atom is 0.310 e. The predicted octanol–water partition coefficient (Wildman–Crippen LogP) is 4.44. The first-order valence-corrected chi connectivity index (χ1v) is 8.60. The van der Waals surface area contributed by atoms with E-state index in [1.54, 1.807) is 6.08 Å². The number of ketones is 1. The molecule has 0 heterocycles. The zero-order chi connectivity index (χ0) is 17.6. The lowest BCUT2D eigenvalue weighted by molar-refractivity contribution is -0.150. The smallest absolute Gasteiger partial charge is 0.310 e. The summed E-state index contributed by atoms with van der Waals surface area (Å²) in [6.45, 7) is 13.6. The predicted molar refractivity (Wildman–Crippen MR) is 92.3 cm³/mol. The Balaban J connectivity index is 2.03. The number of ether oxygens (including phenoxy) is 1. The Morgan fingerprint density at radius 2 is 2.09 bits per heavy atom. The van der Waals surface area contributed by atoms with E-state index in [0.717, 1.165) is 17.6 Å². The summed E-state index contributed by atoms with van der Waals surface area (Å²) in [4.78, 5) is 24.3. The fourth-order valence-electron chi connectivity index (χ4n) is 3.74. The van der Waals surface area contributed by atoms with Gasteiger partial charge in [-0.15, -0.1) is 18.2 Å². The van der Waals surface area contributed by atoms with Crippen molar-refractivity contribution in [1.29, 1.82) is 0 Å². The van der Waals surface area contributed by atoms with Gasteiger partial charge in [-0.2, -0.15) is 0 Å². The standard InChI is InChI=1S/C19H27ClO3/c1-7-8-12-11(2)15(9-14(12)21)23-17(22)16-13(19(16,5)6)10-18(3,4)20/h7,13,15-16H,1,8-10H2,2-6H3/t13-,15-,16+/m1/s1. The molecule has 0 aromatic carbocycles. The molecule has 0 aromatic heterocycles. The average Bonchev–Trinajstić information content (AvgIpc) is 2.81. The van der Waals surface area contributed by atoms with Crippen molar-refractivity contribution in [3.63, 3.8) is 0 Å². The van der Waals surface area contributed by atoms with Crippen molar-refractivity contribution >= 4 is 23.4 Å². The Labute approximate surface area is 144 Å². The number of Topliss-reactive ketones (excluding diaryl/α,β-unsaturated/α-hetero) is 1. The first kappa shape index (κ1) is 18.3. The summed E-state index contributed by atoms with van der Waals surface area (Å²) in [6.07, 6.45) is 2.88.